The van der Waals surface area contributed by atoms with Crippen molar-refractivity contribution in [2.75, 3.05) is 7.11 Å². The van der Waals surface area contributed by atoms with E-state index >= 15 is 0 Å². The van der Waals surface area contributed by atoms with Crippen LogP contribution in [-0.4, -0.2) is 22.8 Å². The zero-order valence-corrected chi connectivity index (χ0v) is 15.0. The minimum absolute atomic E-state index is 0.333. The van der Waals surface area contributed by atoms with Gasteiger partial charge in [0.1, 0.15) is 5.75 Å². The number of carboxylic acids is 1. The van der Waals surface area contributed by atoms with E-state index in [9.17, 15) is 9.90 Å². The van der Waals surface area contributed by atoms with Gasteiger partial charge >= 0.3 is 5.97 Å². The number of ether oxygens (including phenoxy) is 1. The molecule has 1 N–H and O–H groups in total. The van der Waals surface area contributed by atoms with E-state index in [1.165, 1.54) is 12.8 Å². The third-order valence-electron chi connectivity index (χ3n) is 4.81. The van der Waals surface area contributed by atoms with E-state index in [0.29, 0.717) is 16.3 Å². The van der Waals surface area contributed by atoms with Crippen molar-refractivity contribution >= 4 is 17.6 Å². The molecule has 128 valence electrons. The van der Waals surface area contributed by atoms with Crippen molar-refractivity contribution in [2.24, 2.45) is 5.92 Å². The molecule has 0 bridgehead atoms. The maximum absolute atomic E-state index is 11.6. The van der Waals surface area contributed by atoms with Gasteiger partial charge in [0.25, 0.3) is 0 Å². The van der Waals surface area contributed by atoms with Crippen LogP contribution in [0.25, 0.3) is 11.3 Å². The van der Waals surface area contributed by atoms with Crippen molar-refractivity contribution < 1.29 is 14.6 Å². The molecule has 1 aromatic carbocycles. The molecule has 1 saturated carbocycles. The predicted octanol–water partition coefficient (Wildman–Crippen LogP) is 4.93. The van der Waals surface area contributed by atoms with E-state index in [-0.39, 0.29) is 0 Å². The Balaban J connectivity index is 2.13. The lowest BCUT2D eigenvalue weighted by Crippen LogP contribution is -2.06. The van der Waals surface area contributed by atoms with Crippen molar-refractivity contribution in [1.29, 1.82) is 0 Å². The fourth-order valence-electron chi connectivity index (χ4n) is 3.12. The first-order valence-electron chi connectivity index (χ1n) is 8.20. The van der Waals surface area contributed by atoms with Crippen LogP contribution < -0.4 is 4.74 Å². The Morgan fingerprint density at radius 1 is 1.33 bits per heavy atom. The zero-order valence-electron chi connectivity index (χ0n) is 14.2. The lowest BCUT2D eigenvalue weighted by atomic mass is 10.1. The van der Waals surface area contributed by atoms with Gasteiger partial charge in [-0.3, -0.25) is 0 Å². The van der Waals surface area contributed by atoms with Crippen LogP contribution in [0.1, 0.15) is 40.9 Å². The highest BCUT2D eigenvalue weighted by Gasteiger charge is 2.24. The van der Waals surface area contributed by atoms with Gasteiger partial charge in [-0.1, -0.05) is 24.4 Å². The van der Waals surface area contributed by atoms with Crippen molar-refractivity contribution in [2.45, 2.75) is 39.7 Å². The van der Waals surface area contributed by atoms with Gasteiger partial charge < -0.3 is 14.4 Å². The Labute approximate surface area is 147 Å². The van der Waals surface area contributed by atoms with Crippen molar-refractivity contribution in [3.8, 4) is 17.0 Å². The average Bonchev–Trinajstić information content (AvgIpc) is 3.31. The van der Waals surface area contributed by atoms with E-state index < -0.39 is 5.97 Å². The number of benzene rings is 1. The summed E-state index contributed by atoms with van der Waals surface area (Å²) >= 11 is 6.31. The second-order valence-corrected chi connectivity index (χ2v) is 6.93. The fourth-order valence-corrected chi connectivity index (χ4v) is 3.28. The number of methoxy groups -OCH3 is 1. The first-order chi connectivity index (χ1) is 11.4. The van der Waals surface area contributed by atoms with Crippen LogP contribution in [0.2, 0.25) is 5.02 Å². The molecule has 1 aromatic heterocycles. The van der Waals surface area contributed by atoms with E-state index in [2.05, 4.69) is 4.57 Å². The Morgan fingerprint density at radius 2 is 2.04 bits per heavy atom. The third kappa shape index (κ3) is 3.16. The molecule has 1 heterocycles. The molecular formula is C19H22ClNO3. The number of halogens is 1. The van der Waals surface area contributed by atoms with Gasteiger partial charge in [0, 0.05) is 22.8 Å². The highest BCUT2D eigenvalue weighted by molar-refractivity contribution is 6.31. The smallest absolute Gasteiger partial charge is 0.337 e. The Hall–Kier alpha value is -1.94. The Bertz CT molecular complexity index is 790. The standard InChI is InChI=1S/C19H22ClNO3/c1-11-8-18(24-3)15(9-16(11)20)17-10-14(19(22)23)12(2)21(17)7-6-13-4-5-13/h8-10,13H,4-7H2,1-3H3,(H,22,23). The quantitative estimate of drug-likeness (QED) is 0.805. The van der Waals surface area contributed by atoms with Crippen LogP contribution in [0.3, 0.4) is 0 Å². The number of carboxylic acid groups (broad SMARTS) is 1. The average molecular weight is 348 g/mol. The number of aryl methyl sites for hydroxylation is 1. The van der Waals surface area contributed by atoms with Gasteiger partial charge in [0.15, 0.2) is 0 Å². The van der Waals surface area contributed by atoms with Crippen LogP contribution in [0.5, 0.6) is 5.75 Å². The van der Waals surface area contributed by atoms with Crippen LogP contribution >= 0.6 is 11.6 Å². The molecule has 1 fully saturated rings. The topological polar surface area (TPSA) is 51.5 Å². The normalized spacial score (nSPS) is 14.0. The number of hydrogen-bond acceptors (Lipinski definition) is 2. The molecule has 0 amide bonds. The molecule has 1 aliphatic carbocycles. The maximum atomic E-state index is 11.6. The number of hydrogen-bond donors (Lipinski definition) is 1. The summed E-state index contributed by atoms with van der Waals surface area (Å²) in [4.78, 5) is 11.6. The van der Waals surface area contributed by atoms with Gasteiger partial charge in [-0.15, -0.1) is 0 Å². The molecule has 0 aliphatic heterocycles. The number of carbonyl (C=O) groups is 1. The first-order valence-corrected chi connectivity index (χ1v) is 8.58. The molecule has 3 rings (SSSR count). The largest absolute Gasteiger partial charge is 0.496 e. The lowest BCUT2D eigenvalue weighted by molar-refractivity contribution is 0.0696. The summed E-state index contributed by atoms with van der Waals surface area (Å²) < 4.78 is 7.61. The predicted molar refractivity (Wildman–Crippen MR) is 95.2 cm³/mol. The van der Waals surface area contributed by atoms with Crippen LogP contribution in [0, 0.1) is 19.8 Å². The number of rotatable bonds is 6. The summed E-state index contributed by atoms with van der Waals surface area (Å²) in [5, 5.41) is 10.1. The second-order valence-electron chi connectivity index (χ2n) is 6.52. The molecule has 4 nitrogen and oxygen atoms in total. The zero-order chi connectivity index (χ0) is 17.4. The molecule has 5 heteroatoms. The third-order valence-corrected chi connectivity index (χ3v) is 5.22. The molecule has 1 aliphatic rings. The van der Waals surface area contributed by atoms with Crippen LogP contribution in [0.4, 0.5) is 0 Å². The molecule has 0 spiro atoms. The maximum Gasteiger partial charge on any atom is 0.337 e. The van der Waals surface area contributed by atoms with Crippen LogP contribution in [-0.2, 0) is 6.54 Å². The Kier molecular flexibility index (Phi) is 4.59. The summed E-state index contributed by atoms with van der Waals surface area (Å²) in [5.41, 5.74) is 3.73. The molecule has 24 heavy (non-hydrogen) atoms. The summed E-state index contributed by atoms with van der Waals surface area (Å²) in [6.45, 7) is 4.60. The van der Waals surface area contributed by atoms with E-state index in [0.717, 1.165) is 41.4 Å². The highest BCUT2D eigenvalue weighted by Crippen LogP contribution is 2.38. The second kappa shape index (κ2) is 6.52. The van der Waals surface area contributed by atoms with E-state index in [1.807, 2.05) is 26.0 Å². The van der Waals surface area contributed by atoms with Gasteiger partial charge in [0.05, 0.1) is 18.4 Å². The Morgan fingerprint density at radius 3 is 2.62 bits per heavy atom. The number of nitrogens with zero attached hydrogens (tertiary/aromatic N) is 1. The van der Waals surface area contributed by atoms with E-state index in [4.69, 9.17) is 16.3 Å². The minimum atomic E-state index is -0.906. The molecular weight excluding hydrogens is 326 g/mol. The molecule has 0 unspecified atom stereocenters. The molecule has 2 aromatic rings. The SMILES string of the molecule is COc1cc(C)c(Cl)cc1-c1cc(C(=O)O)c(C)n1CCC1CC1. The van der Waals surface area contributed by atoms with Gasteiger partial charge in [-0.25, -0.2) is 4.79 Å². The minimum Gasteiger partial charge on any atom is -0.496 e. The van der Waals surface area contributed by atoms with E-state index in [1.54, 1.807) is 13.2 Å². The van der Waals surface area contributed by atoms with Crippen molar-refractivity contribution in [3.63, 3.8) is 0 Å². The summed E-state index contributed by atoms with van der Waals surface area (Å²) in [6, 6.07) is 5.49. The van der Waals surface area contributed by atoms with Gasteiger partial charge in [0.2, 0.25) is 0 Å². The van der Waals surface area contributed by atoms with Gasteiger partial charge in [-0.05, 0) is 49.9 Å². The summed E-state index contributed by atoms with van der Waals surface area (Å²) in [6.07, 6.45) is 3.63. The number of aromatic nitrogens is 1. The van der Waals surface area contributed by atoms with Gasteiger partial charge in [-0.2, -0.15) is 0 Å². The van der Waals surface area contributed by atoms with Crippen molar-refractivity contribution in [3.05, 3.63) is 40.0 Å². The summed E-state index contributed by atoms with van der Waals surface area (Å²) in [7, 11) is 1.62. The van der Waals surface area contributed by atoms with Crippen molar-refractivity contribution in [1.82, 2.24) is 4.57 Å². The molecule has 0 radical (unpaired) electrons. The number of aromatic carboxylic acids is 1. The lowest BCUT2D eigenvalue weighted by Gasteiger charge is -2.15. The first kappa shape index (κ1) is 16.9. The molecule has 0 saturated heterocycles. The summed E-state index contributed by atoms with van der Waals surface area (Å²) in [5.74, 6) is 0.575. The fraction of sp³-hybridized carbons (Fsp3) is 0.421. The van der Waals surface area contributed by atoms with Crippen LogP contribution in [0.15, 0.2) is 18.2 Å². The molecule has 0 atom stereocenters. The highest BCUT2D eigenvalue weighted by atomic mass is 35.5. The monoisotopic (exact) mass is 347 g/mol.